The number of hydrogen-bond acceptors (Lipinski definition) is 5. The fourth-order valence-corrected chi connectivity index (χ4v) is 3.59. The summed E-state index contributed by atoms with van der Waals surface area (Å²) in [5, 5.41) is 2.79. The normalized spacial score (nSPS) is 15.9. The van der Waals surface area contributed by atoms with E-state index in [-0.39, 0.29) is 23.5 Å². The summed E-state index contributed by atoms with van der Waals surface area (Å²) >= 11 is 1.12. The molecule has 2 aromatic carbocycles. The fourth-order valence-electron chi connectivity index (χ4n) is 2.94. The van der Waals surface area contributed by atoms with Crippen molar-refractivity contribution in [1.29, 1.82) is 0 Å². The fraction of sp³-hybridized carbons (Fsp3) is 0.286. The molecule has 29 heavy (non-hydrogen) atoms. The molecule has 8 heteroatoms. The Bertz CT molecular complexity index is 897. The second-order valence-electron chi connectivity index (χ2n) is 6.88. The van der Waals surface area contributed by atoms with Gasteiger partial charge in [0.05, 0.1) is 13.0 Å². The summed E-state index contributed by atoms with van der Waals surface area (Å²) in [5.74, 6) is 0.0148. The molecule has 0 aromatic heterocycles. The second kappa shape index (κ2) is 9.00. The molecule has 3 amide bonds. The maximum atomic E-state index is 12.6. The molecule has 152 valence electrons. The van der Waals surface area contributed by atoms with Crippen molar-refractivity contribution in [2.75, 3.05) is 38.0 Å². The first-order chi connectivity index (χ1) is 13.9. The van der Waals surface area contributed by atoms with E-state index >= 15 is 0 Å². The minimum absolute atomic E-state index is 0.0649. The van der Waals surface area contributed by atoms with Crippen LogP contribution in [-0.2, 0) is 9.59 Å². The first kappa shape index (κ1) is 20.7. The van der Waals surface area contributed by atoms with Gasteiger partial charge in [0.25, 0.3) is 5.24 Å². The summed E-state index contributed by atoms with van der Waals surface area (Å²) in [5.41, 5.74) is 1.38. The predicted octanol–water partition coefficient (Wildman–Crippen LogP) is 3.46. The summed E-state index contributed by atoms with van der Waals surface area (Å²) in [6.45, 7) is 0.336. The van der Waals surface area contributed by atoms with Gasteiger partial charge in [-0.15, -0.1) is 0 Å². The van der Waals surface area contributed by atoms with Crippen LogP contribution in [-0.4, -0.2) is 49.7 Å². The Hall–Kier alpha value is -3.00. The monoisotopic (exact) mass is 413 g/mol. The quantitative estimate of drug-likeness (QED) is 0.760. The number of hydrogen-bond donors (Lipinski definition) is 1. The van der Waals surface area contributed by atoms with Gasteiger partial charge in [-0.1, -0.05) is 0 Å². The van der Waals surface area contributed by atoms with Crippen LogP contribution in [0, 0.1) is 5.92 Å². The molecule has 1 heterocycles. The molecule has 0 aliphatic carbocycles. The summed E-state index contributed by atoms with van der Waals surface area (Å²) in [6.07, 6.45) is 0.170. The average molecular weight is 413 g/mol. The SMILES string of the molecule is COc1ccc(N2CC(C(=O)Nc3ccc(SC(=O)N(C)C)cc3)CC2=O)cc1. The molecule has 1 N–H and O–H groups in total. The first-order valence-electron chi connectivity index (χ1n) is 9.12. The van der Waals surface area contributed by atoms with Crippen molar-refractivity contribution in [2.45, 2.75) is 11.3 Å². The van der Waals surface area contributed by atoms with Gasteiger partial charge in [-0.05, 0) is 60.3 Å². The van der Waals surface area contributed by atoms with E-state index in [1.807, 2.05) is 12.1 Å². The third kappa shape index (κ3) is 5.08. The highest BCUT2D eigenvalue weighted by molar-refractivity contribution is 8.13. The third-order valence-corrected chi connectivity index (χ3v) is 5.62. The second-order valence-corrected chi connectivity index (χ2v) is 7.90. The van der Waals surface area contributed by atoms with Crippen LogP contribution in [0.4, 0.5) is 16.2 Å². The largest absolute Gasteiger partial charge is 0.497 e. The molecule has 2 aromatic rings. The van der Waals surface area contributed by atoms with Crippen molar-refractivity contribution in [1.82, 2.24) is 4.90 Å². The summed E-state index contributed by atoms with van der Waals surface area (Å²) < 4.78 is 5.14. The van der Waals surface area contributed by atoms with E-state index in [0.717, 1.165) is 22.3 Å². The van der Waals surface area contributed by atoms with Gasteiger partial charge in [-0.25, -0.2) is 0 Å². The van der Waals surface area contributed by atoms with E-state index in [0.29, 0.717) is 18.0 Å². The smallest absolute Gasteiger partial charge is 0.285 e. The predicted molar refractivity (Wildman–Crippen MR) is 113 cm³/mol. The van der Waals surface area contributed by atoms with Crippen LogP contribution < -0.4 is 15.0 Å². The molecule has 0 saturated carbocycles. The maximum absolute atomic E-state index is 12.6. The zero-order valence-corrected chi connectivity index (χ0v) is 17.4. The van der Waals surface area contributed by atoms with Gasteiger partial charge in [0, 0.05) is 43.3 Å². The van der Waals surface area contributed by atoms with Gasteiger partial charge in [-0.3, -0.25) is 14.4 Å². The van der Waals surface area contributed by atoms with Crippen molar-refractivity contribution in [3.63, 3.8) is 0 Å². The van der Waals surface area contributed by atoms with E-state index in [1.165, 1.54) is 4.90 Å². The molecule has 1 aliphatic rings. The topological polar surface area (TPSA) is 79.0 Å². The lowest BCUT2D eigenvalue weighted by Gasteiger charge is -2.17. The summed E-state index contributed by atoms with van der Waals surface area (Å²) in [6, 6.07) is 14.3. The van der Waals surface area contributed by atoms with E-state index in [9.17, 15) is 14.4 Å². The molecule has 0 bridgehead atoms. The zero-order valence-electron chi connectivity index (χ0n) is 16.5. The highest BCUT2D eigenvalue weighted by Crippen LogP contribution is 2.28. The number of carbonyl (C=O) groups is 3. The maximum Gasteiger partial charge on any atom is 0.285 e. The standard InChI is InChI=1S/C21H23N3O4S/c1-23(2)21(27)29-18-10-4-15(5-11-18)22-20(26)14-12-19(25)24(13-14)16-6-8-17(28-3)9-7-16/h4-11,14H,12-13H2,1-3H3,(H,22,26). The summed E-state index contributed by atoms with van der Waals surface area (Å²) in [7, 11) is 4.98. The number of methoxy groups -OCH3 is 1. The number of nitrogens with zero attached hydrogens (tertiary/aromatic N) is 2. The lowest BCUT2D eigenvalue weighted by atomic mass is 10.1. The van der Waals surface area contributed by atoms with Crippen LogP contribution in [0.15, 0.2) is 53.4 Å². The van der Waals surface area contributed by atoms with Crippen LogP contribution in [0.25, 0.3) is 0 Å². The highest BCUT2D eigenvalue weighted by Gasteiger charge is 2.35. The lowest BCUT2D eigenvalue weighted by molar-refractivity contribution is -0.122. The molecule has 1 aliphatic heterocycles. The van der Waals surface area contributed by atoms with E-state index in [4.69, 9.17) is 4.74 Å². The van der Waals surface area contributed by atoms with Gasteiger partial charge in [0.1, 0.15) is 5.75 Å². The van der Waals surface area contributed by atoms with E-state index < -0.39 is 5.92 Å². The Labute approximate surface area is 174 Å². The van der Waals surface area contributed by atoms with Gasteiger partial charge in [-0.2, -0.15) is 0 Å². The molecule has 3 rings (SSSR count). The molecular weight excluding hydrogens is 390 g/mol. The summed E-state index contributed by atoms with van der Waals surface area (Å²) in [4.78, 5) is 40.6. The van der Waals surface area contributed by atoms with Crippen LogP contribution >= 0.6 is 11.8 Å². The van der Waals surface area contributed by atoms with Crippen molar-refractivity contribution in [3.8, 4) is 5.75 Å². The number of thioether (sulfide) groups is 1. The molecule has 1 fully saturated rings. The molecule has 1 saturated heterocycles. The van der Waals surface area contributed by atoms with Crippen molar-refractivity contribution < 1.29 is 19.1 Å². The Morgan fingerprint density at radius 1 is 1.10 bits per heavy atom. The minimum Gasteiger partial charge on any atom is -0.497 e. The van der Waals surface area contributed by atoms with Gasteiger partial charge in [0.15, 0.2) is 0 Å². The molecule has 1 atom stereocenters. The minimum atomic E-state index is -0.422. The van der Waals surface area contributed by atoms with Gasteiger partial charge < -0.3 is 19.9 Å². The van der Waals surface area contributed by atoms with Gasteiger partial charge >= 0.3 is 0 Å². The van der Waals surface area contributed by atoms with E-state index in [1.54, 1.807) is 62.5 Å². The lowest BCUT2D eigenvalue weighted by Crippen LogP contribution is -2.28. The first-order valence-corrected chi connectivity index (χ1v) is 9.93. The molecule has 0 radical (unpaired) electrons. The van der Waals surface area contributed by atoms with Crippen molar-refractivity contribution in [3.05, 3.63) is 48.5 Å². The van der Waals surface area contributed by atoms with E-state index in [2.05, 4.69) is 5.32 Å². The number of rotatable bonds is 5. The molecule has 0 spiro atoms. The van der Waals surface area contributed by atoms with Gasteiger partial charge in [0.2, 0.25) is 11.8 Å². The Kier molecular flexibility index (Phi) is 6.43. The Morgan fingerprint density at radius 3 is 2.34 bits per heavy atom. The number of amides is 3. The number of ether oxygens (including phenoxy) is 1. The molecule has 7 nitrogen and oxygen atoms in total. The molecular formula is C21H23N3O4S. The van der Waals surface area contributed by atoms with Crippen molar-refractivity contribution in [2.24, 2.45) is 5.92 Å². The highest BCUT2D eigenvalue weighted by atomic mass is 32.2. The number of carbonyl (C=O) groups excluding carboxylic acids is 3. The number of nitrogens with one attached hydrogen (secondary N) is 1. The van der Waals surface area contributed by atoms with Crippen LogP contribution in [0.1, 0.15) is 6.42 Å². The molecule has 1 unspecified atom stereocenters. The average Bonchev–Trinajstić information content (AvgIpc) is 3.11. The van der Waals surface area contributed by atoms with Crippen LogP contribution in [0.5, 0.6) is 5.75 Å². The van der Waals surface area contributed by atoms with Crippen LogP contribution in [0.3, 0.4) is 0 Å². The Morgan fingerprint density at radius 2 is 1.76 bits per heavy atom. The van der Waals surface area contributed by atoms with Crippen molar-refractivity contribution >= 4 is 40.2 Å². The Balaban J connectivity index is 1.59. The zero-order chi connectivity index (χ0) is 21.0. The van der Waals surface area contributed by atoms with Crippen LogP contribution in [0.2, 0.25) is 0 Å². The third-order valence-electron chi connectivity index (χ3n) is 4.57. The number of benzene rings is 2. The number of anilines is 2.